The molecule has 21 heavy (non-hydrogen) atoms. The summed E-state index contributed by atoms with van der Waals surface area (Å²) >= 11 is 0. The van der Waals surface area contributed by atoms with E-state index in [4.69, 9.17) is 4.74 Å². The van der Waals surface area contributed by atoms with Crippen molar-refractivity contribution in [1.29, 1.82) is 0 Å². The molecular formula is C16H26N4O. The fourth-order valence-electron chi connectivity index (χ4n) is 2.78. The predicted octanol–water partition coefficient (Wildman–Crippen LogP) is 2.23. The topological polar surface area (TPSA) is 50.3 Å². The molecule has 0 unspecified atom stereocenters. The summed E-state index contributed by atoms with van der Waals surface area (Å²) in [5, 5.41) is 3.71. The van der Waals surface area contributed by atoms with Crippen LogP contribution in [0.25, 0.3) is 0 Å². The van der Waals surface area contributed by atoms with Crippen LogP contribution in [0.3, 0.4) is 0 Å². The van der Waals surface area contributed by atoms with E-state index in [1.54, 1.807) is 6.33 Å². The Balaban J connectivity index is 1.51. The van der Waals surface area contributed by atoms with E-state index in [1.165, 1.54) is 32.2 Å². The van der Waals surface area contributed by atoms with Crippen molar-refractivity contribution in [2.24, 2.45) is 5.92 Å². The number of ether oxygens (including phenoxy) is 1. The second-order valence-electron chi connectivity index (χ2n) is 6.49. The largest absolute Gasteiger partial charge is 0.475 e. The Morgan fingerprint density at radius 3 is 2.67 bits per heavy atom. The highest BCUT2D eigenvalue weighted by Gasteiger charge is 2.24. The summed E-state index contributed by atoms with van der Waals surface area (Å²) in [6.45, 7) is 7.35. The van der Waals surface area contributed by atoms with Crippen LogP contribution in [-0.4, -0.2) is 41.7 Å². The van der Waals surface area contributed by atoms with E-state index in [0.717, 1.165) is 24.8 Å². The van der Waals surface area contributed by atoms with Crippen LogP contribution in [0.2, 0.25) is 0 Å². The number of piperidine rings is 1. The Hall–Kier alpha value is -1.36. The molecule has 1 saturated heterocycles. The van der Waals surface area contributed by atoms with Gasteiger partial charge in [-0.05, 0) is 52.0 Å². The summed E-state index contributed by atoms with van der Waals surface area (Å²) in [4.78, 5) is 10.9. The molecule has 5 nitrogen and oxygen atoms in total. The number of rotatable bonds is 6. The van der Waals surface area contributed by atoms with Gasteiger partial charge in [0, 0.05) is 25.2 Å². The van der Waals surface area contributed by atoms with Crippen molar-refractivity contribution in [2.75, 3.05) is 24.5 Å². The summed E-state index contributed by atoms with van der Waals surface area (Å²) in [6, 6.07) is 2.63. The number of hydrogen-bond donors (Lipinski definition) is 1. The fourth-order valence-corrected chi connectivity index (χ4v) is 2.78. The number of aromatic nitrogens is 2. The van der Waals surface area contributed by atoms with Gasteiger partial charge in [0.2, 0.25) is 5.88 Å². The smallest absolute Gasteiger partial charge is 0.218 e. The lowest BCUT2D eigenvalue weighted by molar-refractivity contribution is 0.232. The summed E-state index contributed by atoms with van der Waals surface area (Å²) in [7, 11) is 0. The van der Waals surface area contributed by atoms with Gasteiger partial charge in [-0.15, -0.1) is 0 Å². The van der Waals surface area contributed by atoms with Crippen LogP contribution in [0.4, 0.5) is 5.82 Å². The molecule has 0 amide bonds. The van der Waals surface area contributed by atoms with Gasteiger partial charge in [-0.25, -0.2) is 9.97 Å². The lowest BCUT2D eigenvalue weighted by atomic mass is 10.0. The maximum absolute atomic E-state index is 5.65. The van der Waals surface area contributed by atoms with Crippen molar-refractivity contribution in [3.63, 3.8) is 0 Å². The van der Waals surface area contributed by atoms with E-state index in [2.05, 4.69) is 20.2 Å². The maximum atomic E-state index is 5.65. The Morgan fingerprint density at radius 2 is 2.00 bits per heavy atom. The van der Waals surface area contributed by atoms with Crippen molar-refractivity contribution < 1.29 is 4.74 Å². The van der Waals surface area contributed by atoms with Gasteiger partial charge in [-0.1, -0.05) is 0 Å². The van der Waals surface area contributed by atoms with E-state index in [-0.39, 0.29) is 6.10 Å². The van der Waals surface area contributed by atoms with Gasteiger partial charge < -0.3 is 15.0 Å². The molecule has 0 aromatic carbocycles. The molecule has 2 heterocycles. The quantitative estimate of drug-likeness (QED) is 0.870. The fraction of sp³-hybridized carbons (Fsp3) is 0.750. The van der Waals surface area contributed by atoms with Crippen molar-refractivity contribution in [2.45, 2.75) is 51.7 Å². The van der Waals surface area contributed by atoms with E-state index < -0.39 is 0 Å². The number of anilines is 1. The Labute approximate surface area is 127 Å². The molecule has 2 fully saturated rings. The Kier molecular flexibility index (Phi) is 4.58. The first-order valence-electron chi connectivity index (χ1n) is 8.18. The van der Waals surface area contributed by atoms with Gasteiger partial charge in [0.15, 0.2) is 0 Å². The van der Waals surface area contributed by atoms with Crippen LogP contribution < -0.4 is 15.0 Å². The molecule has 3 rings (SSSR count). The SMILES string of the molecule is CC(C)Oc1cc(N2CCC(NCC3CC3)CC2)ncn1. The molecule has 2 aliphatic rings. The lowest BCUT2D eigenvalue weighted by Gasteiger charge is -2.33. The average molecular weight is 290 g/mol. The molecule has 0 radical (unpaired) electrons. The number of nitrogens with zero attached hydrogens (tertiary/aromatic N) is 3. The summed E-state index contributed by atoms with van der Waals surface area (Å²) in [5.74, 6) is 2.62. The van der Waals surface area contributed by atoms with Crippen LogP contribution in [0.1, 0.15) is 39.5 Å². The minimum atomic E-state index is 0.144. The highest BCUT2D eigenvalue weighted by atomic mass is 16.5. The third-order valence-electron chi connectivity index (χ3n) is 4.20. The monoisotopic (exact) mass is 290 g/mol. The van der Waals surface area contributed by atoms with E-state index >= 15 is 0 Å². The minimum Gasteiger partial charge on any atom is -0.475 e. The molecule has 0 bridgehead atoms. The highest BCUT2D eigenvalue weighted by Crippen LogP contribution is 2.28. The average Bonchev–Trinajstić information content (AvgIpc) is 3.29. The predicted molar refractivity (Wildman–Crippen MR) is 83.8 cm³/mol. The zero-order chi connectivity index (χ0) is 14.7. The summed E-state index contributed by atoms with van der Waals surface area (Å²) in [6.07, 6.45) is 6.97. The second kappa shape index (κ2) is 6.60. The van der Waals surface area contributed by atoms with Crippen molar-refractivity contribution in [3.8, 4) is 5.88 Å². The normalized spacial score (nSPS) is 20.0. The zero-order valence-electron chi connectivity index (χ0n) is 13.1. The lowest BCUT2D eigenvalue weighted by Crippen LogP contribution is -2.43. The van der Waals surface area contributed by atoms with Gasteiger partial charge >= 0.3 is 0 Å². The first-order chi connectivity index (χ1) is 10.2. The first kappa shape index (κ1) is 14.6. The highest BCUT2D eigenvalue weighted by molar-refractivity contribution is 5.41. The van der Waals surface area contributed by atoms with Crippen molar-refractivity contribution in [3.05, 3.63) is 12.4 Å². The zero-order valence-corrected chi connectivity index (χ0v) is 13.1. The second-order valence-corrected chi connectivity index (χ2v) is 6.49. The summed E-state index contributed by atoms with van der Waals surface area (Å²) in [5.41, 5.74) is 0. The van der Waals surface area contributed by atoms with Crippen molar-refractivity contribution in [1.82, 2.24) is 15.3 Å². The molecule has 1 N–H and O–H groups in total. The third-order valence-corrected chi connectivity index (χ3v) is 4.20. The molecule has 116 valence electrons. The van der Waals surface area contributed by atoms with Gasteiger partial charge in [0.1, 0.15) is 12.1 Å². The van der Waals surface area contributed by atoms with Crippen LogP contribution >= 0.6 is 0 Å². The Bertz CT molecular complexity index is 453. The van der Waals surface area contributed by atoms with Gasteiger partial charge in [0.05, 0.1) is 6.10 Å². The van der Waals surface area contributed by atoms with Crippen LogP contribution in [0, 0.1) is 5.92 Å². The first-order valence-corrected chi connectivity index (χ1v) is 8.18. The summed E-state index contributed by atoms with van der Waals surface area (Å²) < 4.78 is 5.65. The molecule has 1 saturated carbocycles. The molecular weight excluding hydrogens is 264 g/mol. The van der Waals surface area contributed by atoms with Gasteiger partial charge in [0.25, 0.3) is 0 Å². The molecule has 1 aliphatic heterocycles. The molecule has 1 aliphatic carbocycles. The molecule has 1 aromatic heterocycles. The number of hydrogen-bond acceptors (Lipinski definition) is 5. The standard InChI is InChI=1S/C16H26N4O/c1-12(2)21-16-9-15(18-11-19-16)20-7-5-14(6-8-20)17-10-13-3-4-13/h9,11-14,17H,3-8,10H2,1-2H3. The minimum absolute atomic E-state index is 0.144. The van der Waals surface area contributed by atoms with Crippen molar-refractivity contribution >= 4 is 5.82 Å². The van der Waals surface area contributed by atoms with Gasteiger partial charge in [-0.2, -0.15) is 0 Å². The third kappa shape index (κ3) is 4.30. The molecule has 5 heteroatoms. The molecule has 1 aromatic rings. The molecule has 0 atom stereocenters. The van der Waals surface area contributed by atoms with Crippen LogP contribution in [-0.2, 0) is 0 Å². The van der Waals surface area contributed by atoms with Gasteiger partial charge in [-0.3, -0.25) is 0 Å². The van der Waals surface area contributed by atoms with Crippen LogP contribution in [0.15, 0.2) is 12.4 Å². The van der Waals surface area contributed by atoms with E-state index in [9.17, 15) is 0 Å². The van der Waals surface area contributed by atoms with E-state index in [1.807, 2.05) is 19.9 Å². The number of nitrogens with one attached hydrogen (secondary N) is 1. The Morgan fingerprint density at radius 1 is 1.24 bits per heavy atom. The van der Waals surface area contributed by atoms with Crippen LogP contribution in [0.5, 0.6) is 5.88 Å². The maximum Gasteiger partial charge on any atom is 0.218 e. The van der Waals surface area contributed by atoms with E-state index in [0.29, 0.717) is 11.9 Å². The molecule has 0 spiro atoms.